The number of aliphatic carboxylic acids is 1. The van der Waals surface area contributed by atoms with Gasteiger partial charge in [-0.2, -0.15) is 0 Å². The monoisotopic (exact) mass is 479 g/mol. The summed E-state index contributed by atoms with van der Waals surface area (Å²) in [6, 6.07) is 13.1. The maximum atomic E-state index is 12.1. The fourth-order valence-corrected chi connectivity index (χ4v) is 3.71. The lowest BCUT2D eigenvalue weighted by atomic mass is 9.96. The molecule has 0 saturated carbocycles. The number of phenolic OH excluding ortho intramolecular Hbond substituents is 2. The van der Waals surface area contributed by atoms with E-state index in [1.54, 1.807) is 12.1 Å². The van der Waals surface area contributed by atoms with Gasteiger partial charge >= 0.3 is 12.1 Å². The quantitative estimate of drug-likeness (QED) is 0.319. The van der Waals surface area contributed by atoms with Gasteiger partial charge < -0.3 is 30.1 Å². The van der Waals surface area contributed by atoms with Crippen LogP contribution in [0.5, 0.6) is 28.7 Å². The van der Waals surface area contributed by atoms with E-state index < -0.39 is 18.6 Å². The van der Waals surface area contributed by atoms with Gasteiger partial charge in [0.25, 0.3) is 0 Å². The van der Waals surface area contributed by atoms with Crippen LogP contribution >= 0.6 is 0 Å². The van der Waals surface area contributed by atoms with Crippen LogP contribution in [0.3, 0.4) is 0 Å². The molecule has 0 aliphatic rings. The summed E-state index contributed by atoms with van der Waals surface area (Å²) in [4.78, 5) is 22.8. The van der Waals surface area contributed by atoms with Crippen LogP contribution in [0.1, 0.15) is 42.9 Å². The van der Waals surface area contributed by atoms with E-state index in [0.717, 1.165) is 23.1 Å². The Kier molecular flexibility index (Phi) is 7.86. The van der Waals surface area contributed by atoms with Gasteiger partial charge in [0.2, 0.25) is 0 Å². The fourth-order valence-electron chi connectivity index (χ4n) is 3.71. The summed E-state index contributed by atoms with van der Waals surface area (Å²) in [6.07, 6.45) is -0.0625. The van der Waals surface area contributed by atoms with Crippen LogP contribution in [0.25, 0.3) is 11.1 Å². The third kappa shape index (κ3) is 6.03. The minimum Gasteiger partial charge on any atom is -0.508 e. The van der Waals surface area contributed by atoms with Crippen LogP contribution in [0.15, 0.2) is 48.5 Å². The average Bonchev–Trinajstić information content (AvgIpc) is 2.82. The molecule has 0 heterocycles. The van der Waals surface area contributed by atoms with E-state index in [0.29, 0.717) is 22.6 Å². The van der Waals surface area contributed by atoms with Crippen LogP contribution in [0.2, 0.25) is 0 Å². The van der Waals surface area contributed by atoms with Crippen LogP contribution in [0.4, 0.5) is 4.79 Å². The number of benzene rings is 3. The number of carboxylic acid groups (broad SMARTS) is 1. The maximum absolute atomic E-state index is 12.1. The van der Waals surface area contributed by atoms with Crippen LogP contribution in [-0.4, -0.2) is 33.9 Å². The molecule has 0 bridgehead atoms. The standard InChI is InChI=1S/C27H29NO7/c1-5-15(2)21-13-19(8-10-23(21)30)34-26-16(3)6-9-20(17(26)4)22-12-18(29)7-11-24(22)35-27(33)28-14-25(31)32/h6-13,15,29-30H,5,14H2,1-4H3,(H,28,33)(H,31,32). The molecule has 4 N–H and O–H groups in total. The van der Waals surface area contributed by atoms with E-state index >= 15 is 0 Å². The molecule has 35 heavy (non-hydrogen) atoms. The number of hydrogen-bond donors (Lipinski definition) is 4. The molecule has 3 rings (SSSR count). The van der Waals surface area contributed by atoms with E-state index in [1.165, 1.54) is 18.2 Å². The lowest BCUT2D eigenvalue weighted by Crippen LogP contribution is -2.31. The number of aromatic hydroxyl groups is 2. The number of ether oxygens (including phenoxy) is 2. The Labute approximate surface area is 203 Å². The summed E-state index contributed by atoms with van der Waals surface area (Å²) >= 11 is 0. The zero-order valence-electron chi connectivity index (χ0n) is 20.1. The Balaban J connectivity index is 2.00. The summed E-state index contributed by atoms with van der Waals surface area (Å²) < 4.78 is 11.6. The second-order valence-electron chi connectivity index (χ2n) is 8.33. The molecule has 0 saturated heterocycles. The molecule has 8 nitrogen and oxygen atoms in total. The average molecular weight is 480 g/mol. The van der Waals surface area contributed by atoms with E-state index in [2.05, 4.69) is 5.32 Å². The van der Waals surface area contributed by atoms with Crippen molar-refractivity contribution in [3.8, 4) is 39.9 Å². The van der Waals surface area contributed by atoms with Gasteiger partial charge in [0.05, 0.1) is 0 Å². The van der Waals surface area contributed by atoms with E-state index in [9.17, 15) is 19.8 Å². The molecule has 0 spiro atoms. The molecule has 0 radical (unpaired) electrons. The van der Waals surface area contributed by atoms with Gasteiger partial charge in [-0.15, -0.1) is 0 Å². The maximum Gasteiger partial charge on any atom is 0.413 e. The Bertz CT molecular complexity index is 1250. The second-order valence-corrected chi connectivity index (χ2v) is 8.33. The first-order valence-corrected chi connectivity index (χ1v) is 11.2. The Morgan fingerprint density at radius 2 is 1.74 bits per heavy atom. The molecule has 0 aliphatic carbocycles. The minimum absolute atomic E-state index is 0.0301. The lowest BCUT2D eigenvalue weighted by Gasteiger charge is -2.19. The number of hydrogen-bond acceptors (Lipinski definition) is 6. The topological polar surface area (TPSA) is 125 Å². The third-order valence-electron chi connectivity index (χ3n) is 5.80. The SMILES string of the molecule is CCC(C)c1cc(Oc2c(C)ccc(-c3cc(O)ccc3OC(=O)NCC(=O)O)c2C)ccc1O. The largest absolute Gasteiger partial charge is 0.508 e. The molecule has 8 heteroatoms. The number of aryl methyl sites for hydroxylation is 1. The summed E-state index contributed by atoms with van der Waals surface area (Å²) in [5.74, 6) is 0.456. The van der Waals surface area contributed by atoms with E-state index in [-0.39, 0.29) is 23.2 Å². The van der Waals surface area contributed by atoms with Crippen molar-refractivity contribution in [2.75, 3.05) is 6.54 Å². The first kappa shape index (κ1) is 25.4. The minimum atomic E-state index is -1.20. The Morgan fingerprint density at radius 1 is 1.00 bits per heavy atom. The number of carbonyl (C=O) groups is 2. The Morgan fingerprint density at radius 3 is 2.43 bits per heavy atom. The molecule has 3 aromatic carbocycles. The smallest absolute Gasteiger partial charge is 0.413 e. The van der Waals surface area contributed by atoms with Gasteiger partial charge in [-0.25, -0.2) is 4.79 Å². The Hall–Kier alpha value is -4.20. The molecule has 0 fully saturated rings. The summed E-state index contributed by atoms with van der Waals surface area (Å²) in [7, 11) is 0. The van der Waals surface area contributed by atoms with Gasteiger partial charge in [-0.05, 0) is 79.3 Å². The van der Waals surface area contributed by atoms with Gasteiger partial charge in [-0.3, -0.25) is 4.79 Å². The normalized spacial score (nSPS) is 11.5. The van der Waals surface area contributed by atoms with Crippen molar-refractivity contribution in [2.24, 2.45) is 0 Å². The number of carboxylic acids is 1. The molecular formula is C27H29NO7. The second kappa shape index (κ2) is 10.8. The first-order chi connectivity index (χ1) is 16.6. The molecule has 3 aromatic rings. The van der Waals surface area contributed by atoms with Gasteiger partial charge in [-0.1, -0.05) is 26.0 Å². The van der Waals surface area contributed by atoms with Crippen LogP contribution in [0, 0.1) is 13.8 Å². The zero-order valence-corrected chi connectivity index (χ0v) is 20.1. The van der Waals surface area contributed by atoms with Crippen molar-refractivity contribution in [2.45, 2.75) is 40.0 Å². The van der Waals surface area contributed by atoms with Crippen molar-refractivity contribution in [1.82, 2.24) is 5.32 Å². The molecular weight excluding hydrogens is 450 g/mol. The van der Waals surface area contributed by atoms with Gasteiger partial charge in [0.15, 0.2) is 0 Å². The number of phenols is 2. The summed E-state index contributed by atoms with van der Waals surface area (Å²) in [5.41, 5.74) is 3.50. The predicted molar refractivity (Wildman–Crippen MR) is 132 cm³/mol. The highest BCUT2D eigenvalue weighted by atomic mass is 16.6. The molecule has 0 aromatic heterocycles. The highest BCUT2D eigenvalue weighted by Gasteiger charge is 2.18. The highest BCUT2D eigenvalue weighted by molar-refractivity contribution is 5.82. The highest BCUT2D eigenvalue weighted by Crippen LogP contribution is 2.41. The van der Waals surface area contributed by atoms with Gasteiger partial charge in [0.1, 0.15) is 35.3 Å². The van der Waals surface area contributed by atoms with E-state index in [1.807, 2.05) is 45.9 Å². The molecule has 1 unspecified atom stereocenters. The molecule has 0 aliphatic heterocycles. The number of rotatable bonds is 8. The molecule has 1 atom stereocenters. The zero-order chi connectivity index (χ0) is 25.7. The first-order valence-electron chi connectivity index (χ1n) is 11.2. The third-order valence-corrected chi connectivity index (χ3v) is 5.80. The van der Waals surface area contributed by atoms with Crippen molar-refractivity contribution in [3.05, 3.63) is 65.2 Å². The number of nitrogens with one attached hydrogen (secondary N) is 1. The molecule has 184 valence electrons. The van der Waals surface area contributed by atoms with Crippen LogP contribution in [-0.2, 0) is 4.79 Å². The number of carbonyl (C=O) groups excluding carboxylic acids is 1. The van der Waals surface area contributed by atoms with Crippen molar-refractivity contribution < 1.29 is 34.4 Å². The fraction of sp³-hybridized carbons (Fsp3) is 0.259. The van der Waals surface area contributed by atoms with E-state index in [4.69, 9.17) is 14.6 Å². The lowest BCUT2D eigenvalue weighted by molar-refractivity contribution is -0.135. The summed E-state index contributed by atoms with van der Waals surface area (Å²) in [6.45, 7) is 7.25. The predicted octanol–water partition coefficient (Wildman–Crippen LogP) is 5.86. The molecule has 1 amide bonds. The van der Waals surface area contributed by atoms with Crippen molar-refractivity contribution in [3.63, 3.8) is 0 Å². The van der Waals surface area contributed by atoms with Crippen LogP contribution < -0.4 is 14.8 Å². The van der Waals surface area contributed by atoms with Gasteiger partial charge in [0, 0.05) is 11.1 Å². The van der Waals surface area contributed by atoms with Crippen molar-refractivity contribution >= 4 is 12.1 Å². The van der Waals surface area contributed by atoms with Crippen molar-refractivity contribution in [1.29, 1.82) is 0 Å². The summed E-state index contributed by atoms with van der Waals surface area (Å²) in [5, 5.41) is 31.2. The number of amides is 1.